The molecule has 0 aliphatic carbocycles. The predicted molar refractivity (Wildman–Crippen MR) is 115 cm³/mol. The number of carbonyl (C=O) groups excluding carboxylic acids is 1. The van der Waals surface area contributed by atoms with Crippen molar-refractivity contribution in [2.45, 2.75) is 59.5 Å². The molecule has 24 heavy (non-hydrogen) atoms. The molecule has 0 saturated heterocycles. The van der Waals surface area contributed by atoms with E-state index in [1.165, 1.54) is 9.75 Å². The van der Waals surface area contributed by atoms with Gasteiger partial charge in [0.2, 0.25) is 5.91 Å². The Balaban J connectivity index is 0.00000529. The Labute approximate surface area is 167 Å². The van der Waals surface area contributed by atoms with Gasteiger partial charge in [0.25, 0.3) is 0 Å². The molecule has 138 valence electrons. The lowest BCUT2D eigenvalue weighted by atomic mass is 10.2. The molecule has 0 saturated carbocycles. The molecule has 3 N–H and O–H groups in total. The van der Waals surface area contributed by atoms with Crippen molar-refractivity contribution in [2.24, 2.45) is 4.99 Å². The zero-order valence-corrected chi connectivity index (χ0v) is 18.5. The summed E-state index contributed by atoms with van der Waals surface area (Å²) < 4.78 is 0. The minimum absolute atomic E-state index is 0. The van der Waals surface area contributed by atoms with Crippen LogP contribution in [0.15, 0.2) is 17.1 Å². The third kappa shape index (κ3) is 10.1. The fraction of sp³-hybridized carbons (Fsp3) is 0.647. The quantitative estimate of drug-likeness (QED) is 0.314. The van der Waals surface area contributed by atoms with Gasteiger partial charge >= 0.3 is 0 Å². The molecule has 0 aliphatic heterocycles. The summed E-state index contributed by atoms with van der Waals surface area (Å²) in [6.45, 7) is 11.5. The highest BCUT2D eigenvalue weighted by Crippen LogP contribution is 2.16. The molecule has 1 rings (SSSR count). The maximum Gasteiger partial charge on any atom is 0.222 e. The van der Waals surface area contributed by atoms with Crippen molar-refractivity contribution < 1.29 is 4.79 Å². The molecule has 5 nitrogen and oxygen atoms in total. The number of rotatable bonds is 8. The van der Waals surface area contributed by atoms with Crippen LogP contribution in [0.3, 0.4) is 0 Å². The molecule has 7 heteroatoms. The smallest absolute Gasteiger partial charge is 0.222 e. The fourth-order valence-corrected chi connectivity index (χ4v) is 3.18. The molecule has 1 aromatic heterocycles. The summed E-state index contributed by atoms with van der Waals surface area (Å²) >= 11 is 1.83. The van der Waals surface area contributed by atoms with E-state index in [2.05, 4.69) is 46.9 Å². The SMILES string of the molecule is CCNC(=NCCC(=O)NC(C)C)NC(C)Cc1ccc(C)s1.I. The number of nitrogens with zero attached hydrogens (tertiary/aromatic N) is 1. The van der Waals surface area contributed by atoms with Crippen LogP contribution in [0.4, 0.5) is 0 Å². The van der Waals surface area contributed by atoms with Crippen LogP contribution < -0.4 is 16.0 Å². The third-order valence-electron chi connectivity index (χ3n) is 3.09. The molecule has 1 aromatic rings. The van der Waals surface area contributed by atoms with Gasteiger partial charge in [-0.05, 0) is 46.8 Å². The Morgan fingerprint density at radius 2 is 1.96 bits per heavy atom. The second kappa shape index (κ2) is 12.5. The van der Waals surface area contributed by atoms with Crippen LogP contribution in [-0.4, -0.2) is 37.0 Å². The van der Waals surface area contributed by atoms with Crippen molar-refractivity contribution >= 4 is 47.2 Å². The molecule has 0 aromatic carbocycles. The van der Waals surface area contributed by atoms with Gasteiger partial charge in [0, 0.05) is 41.2 Å². The molecule has 1 unspecified atom stereocenters. The minimum Gasteiger partial charge on any atom is -0.357 e. The standard InChI is InChI=1S/C17H30N4OS.HI/c1-6-18-17(19-10-9-16(22)20-12(2)3)21-13(4)11-15-8-7-14(5)23-15;/h7-8,12-13H,6,9-11H2,1-5H3,(H,20,22)(H2,18,19,21);1H. The van der Waals surface area contributed by atoms with E-state index < -0.39 is 0 Å². The highest BCUT2D eigenvalue weighted by molar-refractivity contribution is 14.0. The molecule has 0 radical (unpaired) electrons. The molecule has 1 heterocycles. The summed E-state index contributed by atoms with van der Waals surface area (Å²) in [6.07, 6.45) is 1.38. The maximum atomic E-state index is 11.6. The van der Waals surface area contributed by atoms with Gasteiger partial charge in [0.1, 0.15) is 0 Å². The number of aryl methyl sites for hydroxylation is 1. The van der Waals surface area contributed by atoms with Gasteiger partial charge in [-0.25, -0.2) is 0 Å². The molecule has 0 aliphatic rings. The first-order chi connectivity index (χ1) is 10.9. The highest BCUT2D eigenvalue weighted by Gasteiger charge is 2.08. The number of carbonyl (C=O) groups is 1. The Kier molecular flexibility index (Phi) is 12.1. The van der Waals surface area contributed by atoms with Gasteiger partial charge in [-0.1, -0.05) is 0 Å². The van der Waals surface area contributed by atoms with Crippen molar-refractivity contribution in [3.05, 3.63) is 21.9 Å². The Hall–Kier alpha value is -0.830. The van der Waals surface area contributed by atoms with E-state index in [-0.39, 0.29) is 42.0 Å². The number of nitrogens with one attached hydrogen (secondary N) is 3. The van der Waals surface area contributed by atoms with Gasteiger partial charge in [0.05, 0.1) is 6.54 Å². The van der Waals surface area contributed by atoms with E-state index in [1.54, 1.807) is 0 Å². The van der Waals surface area contributed by atoms with E-state index in [9.17, 15) is 4.79 Å². The number of hydrogen-bond donors (Lipinski definition) is 3. The van der Waals surface area contributed by atoms with E-state index in [0.29, 0.717) is 13.0 Å². The number of aliphatic imine (C=N–C) groups is 1. The summed E-state index contributed by atoms with van der Waals surface area (Å²) in [4.78, 5) is 18.8. The van der Waals surface area contributed by atoms with Crippen LogP contribution in [0.2, 0.25) is 0 Å². The molecule has 0 bridgehead atoms. The van der Waals surface area contributed by atoms with Gasteiger partial charge in [-0.2, -0.15) is 0 Å². The fourth-order valence-electron chi connectivity index (χ4n) is 2.16. The van der Waals surface area contributed by atoms with Crippen molar-refractivity contribution in [1.29, 1.82) is 0 Å². The van der Waals surface area contributed by atoms with E-state index in [0.717, 1.165) is 18.9 Å². The summed E-state index contributed by atoms with van der Waals surface area (Å²) in [5.41, 5.74) is 0. The van der Waals surface area contributed by atoms with Crippen molar-refractivity contribution in [1.82, 2.24) is 16.0 Å². The minimum atomic E-state index is 0. The van der Waals surface area contributed by atoms with E-state index >= 15 is 0 Å². The molecular weight excluding hydrogens is 435 g/mol. The normalized spacial score (nSPS) is 12.5. The lowest BCUT2D eigenvalue weighted by molar-refractivity contribution is -0.121. The molecule has 1 amide bonds. The first-order valence-corrected chi connectivity index (χ1v) is 9.11. The average molecular weight is 466 g/mol. The van der Waals surface area contributed by atoms with Crippen molar-refractivity contribution in [2.75, 3.05) is 13.1 Å². The first-order valence-electron chi connectivity index (χ1n) is 8.30. The third-order valence-corrected chi connectivity index (χ3v) is 4.11. The monoisotopic (exact) mass is 466 g/mol. The average Bonchev–Trinajstić information content (AvgIpc) is 2.83. The number of guanidine groups is 1. The van der Waals surface area contributed by atoms with Crippen molar-refractivity contribution in [3.63, 3.8) is 0 Å². The van der Waals surface area contributed by atoms with E-state index in [4.69, 9.17) is 0 Å². The Bertz CT molecular complexity index is 516. The van der Waals surface area contributed by atoms with Crippen LogP contribution in [0.5, 0.6) is 0 Å². The van der Waals surface area contributed by atoms with Crippen LogP contribution in [0.1, 0.15) is 43.9 Å². The number of halogens is 1. The number of thiophene rings is 1. The highest BCUT2D eigenvalue weighted by atomic mass is 127. The lowest BCUT2D eigenvalue weighted by Crippen LogP contribution is -2.43. The number of hydrogen-bond acceptors (Lipinski definition) is 3. The van der Waals surface area contributed by atoms with Gasteiger partial charge in [0.15, 0.2) is 5.96 Å². The zero-order chi connectivity index (χ0) is 17.2. The van der Waals surface area contributed by atoms with Crippen molar-refractivity contribution in [3.8, 4) is 0 Å². The van der Waals surface area contributed by atoms with Gasteiger partial charge in [-0.3, -0.25) is 9.79 Å². The summed E-state index contributed by atoms with van der Waals surface area (Å²) in [7, 11) is 0. The number of amides is 1. The molecule has 0 spiro atoms. The van der Waals surface area contributed by atoms with E-state index in [1.807, 2.05) is 32.1 Å². The summed E-state index contributed by atoms with van der Waals surface area (Å²) in [5.74, 6) is 0.812. The van der Waals surface area contributed by atoms with Crippen LogP contribution >= 0.6 is 35.3 Å². The van der Waals surface area contributed by atoms with Crippen LogP contribution in [-0.2, 0) is 11.2 Å². The second-order valence-electron chi connectivity index (χ2n) is 5.99. The predicted octanol–water partition coefficient (Wildman–Crippen LogP) is 3.08. The van der Waals surface area contributed by atoms with Crippen LogP contribution in [0, 0.1) is 6.92 Å². The summed E-state index contributed by atoms with van der Waals surface area (Å²) in [5, 5.41) is 9.51. The molecule has 0 fully saturated rings. The maximum absolute atomic E-state index is 11.6. The Morgan fingerprint density at radius 1 is 1.25 bits per heavy atom. The Morgan fingerprint density at radius 3 is 2.50 bits per heavy atom. The summed E-state index contributed by atoms with van der Waals surface area (Å²) in [6, 6.07) is 4.79. The first kappa shape index (κ1) is 23.2. The largest absolute Gasteiger partial charge is 0.357 e. The van der Waals surface area contributed by atoms with Crippen LogP contribution in [0.25, 0.3) is 0 Å². The molecular formula is C17H31IN4OS. The molecule has 1 atom stereocenters. The topological polar surface area (TPSA) is 65.5 Å². The zero-order valence-electron chi connectivity index (χ0n) is 15.3. The lowest BCUT2D eigenvalue weighted by Gasteiger charge is -2.17. The van der Waals surface area contributed by atoms with Gasteiger partial charge < -0.3 is 16.0 Å². The second-order valence-corrected chi connectivity index (χ2v) is 7.37. The van der Waals surface area contributed by atoms with Gasteiger partial charge in [-0.15, -0.1) is 35.3 Å².